The van der Waals surface area contributed by atoms with E-state index >= 15 is 0 Å². The Morgan fingerprint density at radius 3 is 2.83 bits per heavy atom. The zero-order valence-corrected chi connectivity index (χ0v) is 14.6. The number of aliphatic hydroxyl groups is 1. The Hall–Kier alpha value is -1.66. The first-order valence-electron chi connectivity index (χ1n) is 7.97. The number of carbonyl (C=O) groups excluding carboxylic acids is 1. The third kappa shape index (κ3) is 5.80. The van der Waals surface area contributed by atoms with Gasteiger partial charge >= 0.3 is 6.03 Å². The summed E-state index contributed by atoms with van der Waals surface area (Å²) in [5.74, 6) is 0. The largest absolute Gasteiger partial charge is 0.396 e. The Balaban J connectivity index is 1.66. The van der Waals surface area contributed by atoms with Gasteiger partial charge < -0.3 is 15.7 Å². The summed E-state index contributed by atoms with van der Waals surface area (Å²) in [4.78, 5) is 16.3. The lowest BCUT2D eigenvalue weighted by atomic mass is 9.90. The molecule has 0 fully saturated rings. The fourth-order valence-electron chi connectivity index (χ4n) is 2.24. The Morgan fingerprint density at radius 1 is 1.30 bits per heavy atom. The number of hydrogen-bond donors (Lipinski definition) is 3. The topological polar surface area (TPSA) is 74.2 Å². The average molecular weight is 335 g/mol. The van der Waals surface area contributed by atoms with E-state index in [1.807, 2.05) is 32.0 Å². The SMILES string of the molecule is CC(C)(CCO)CNC(=O)NCCCc1nc2ccccc2s1. The molecule has 2 amide bonds. The highest BCUT2D eigenvalue weighted by Crippen LogP contribution is 2.22. The molecule has 0 radical (unpaired) electrons. The Kier molecular flexibility index (Phi) is 6.36. The number of nitrogens with zero attached hydrogens (tertiary/aromatic N) is 1. The highest BCUT2D eigenvalue weighted by atomic mass is 32.1. The van der Waals surface area contributed by atoms with Gasteiger partial charge in [-0.3, -0.25) is 0 Å². The fraction of sp³-hybridized carbons (Fsp3) is 0.529. The van der Waals surface area contributed by atoms with Crippen LogP contribution in [0.2, 0.25) is 0 Å². The van der Waals surface area contributed by atoms with Crippen LogP contribution in [-0.2, 0) is 6.42 Å². The second kappa shape index (κ2) is 8.26. The Labute approximate surface area is 141 Å². The van der Waals surface area contributed by atoms with Gasteiger partial charge in [-0.05, 0) is 30.4 Å². The number of para-hydroxylation sites is 1. The maximum Gasteiger partial charge on any atom is 0.314 e. The zero-order chi connectivity index (χ0) is 16.7. The van der Waals surface area contributed by atoms with Crippen molar-refractivity contribution in [1.29, 1.82) is 0 Å². The van der Waals surface area contributed by atoms with E-state index in [0.717, 1.165) is 23.4 Å². The number of aliphatic hydroxyl groups excluding tert-OH is 1. The Bertz CT molecular complexity index is 607. The molecule has 0 spiro atoms. The van der Waals surface area contributed by atoms with Gasteiger partial charge in [-0.2, -0.15) is 0 Å². The first-order valence-corrected chi connectivity index (χ1v) is 8.79. The molecule has 5 nitrogen and oxygen atoms in total. The monoisotopic (exact) mass is 335 g/mol. The number of rotatable bonds is 8. The number of aryl methyl sites for hydroxylation is 1. The van der Waals surface area contributed by atoms with Gasteiger partial charge in [0.25, 0.3) is 0 Å². The van der Waals surface area contributed by atoms with Crippen molar-refractivity contribution in [3.05, 3.63) is 29.3 Å². The van der Waals surface area contributed by atoms with Crippen molar-refractivity contribution in [3.8, 4) is 0 Å². The molecule has 0 aliphatic rings. The molecule has 1 aromatic carbocycles. The number of amides is 2. The number of benzene rings is 1. The lowest BCUT2D eigenvalue weighted by molar-refractivity contribution is 0.201. The van der Waals surface area contributed by atoms with Crippen LogP contribution in [0.3, 0.4) is 0 Å². The summed E-state index contributed by atoms with van der Waals surface area (Å²) in [5, 5.41) is 15.8. The number of carbonyl (C=O) groups is 1. The fourth-order valence-corrected chi connectivity index (χ4v) is 3.25. The summed E-state index contributed by atoms with van der Waals surface area (Å²) < 4.78 is 1.21. The normalized spacial score (nSPS) is 11.6. The summed E-state index contributed by atoms with van der Waals surface area (Å²) in [6, 6.07) is 7.97. The summed E-state index contributed by atoms with van der Waals surface area (Å²) in [6.07, 6.45) is 2.41. The second-order valence-corrected chi connectivity index (χ2v) is 7.54. The van der Waals surface area contributed by atoms with E-state index in [2.05, 4.69) is 21.7 Å². The maximum absolute atomic E-state index is 11.7. The number of nitrogens with one attached hydrogen (secondary N) is 2. The molecule has 0 saturated heterocycles. The van der Waals surface area contributed by atoms with Crippen molar-refractivity contribution in [1.82, 2.24) is 15.6 Å². The smallest absolute Gasteiger partial charge is 0.314 e. The van der Waals surface area contributed by atoms with Gasteiger partial charge in [0.2, 0.25) is 0 Å². The molecule has 0 unspecified atom stereocenters. The molecule has 2 aromatic rings. The molecule has 6 heteroatoms. The lowest BCUT2D eigenvalue weighted by Gasteiger charge is -2.23. The maximum atomic E-state index is 11.7. The van der Waals surface area contributed by atoms with Gasteiger partial charge in [0.15, 0.2) is 0 Å². The average Bonchev–Trinajstić information content (AvgIpc) is 2.92. The van der Waals surface area contributed by atoms with Crippen LogP contribution in [0.4, 0.5) is 4.79 Å². The third-order valence-electron chi connectivity index (χ3n) is 3.71. The predicted octanol–water partition coefficient (Wildman–Crippen LogP) is 2.94. The molecular weight excluding hydrogens is 310 g/mol. The number of urea groups is 1. The highest BCUT2D eigenvalue weighted by Gasteiger charge is 2.17. The first-order chi connectivity index (χ1) is 11.0. The molecular formula is C17H25N3O2S. The third-order valence-corrected chi connectivity index (χ3v) is 4.80. The second-order valence-electron chi connectivity index (χ2n) is 6.43. The van der Waals surface area contributed by atoms with Gasteiger partial charge in [0, 0.05) is 26.1 Å². The zero-order valence-electron chi connectivity index (χ0n) is 13.8. The predicted molar refractivity (Wildman–Crippen MR) is 94.8 cm³/mol. The van der Waals surface area contributed by atoms with E-state index < -0.39 is 0 Å². The molecule has 0 saturated carbocycles. The molecule has 23 heavy (non-hydrogen) atoms. The van der Waals surface area contributed by atoms with Crippen LogP contribution < -0.4 is 10.6 Å². The van der Waals surface area contributed by atoms with Gasteiger partial charge in [-0.1, -0.05) is 26.0 Å². The molecule has 3 N–H and O–H groups in total. The highest BCUT2D eigenvalue weighted by molar-refractivity contribution is 7.18. The standard InChI is InChI=1S/C17H25N3O2S/c1-17(2,9-11-21)12-19-16(22)18-10-5-8-15-20-13-6-3-4-7-14(13)23-15/h3-4,6-7,21H,5,8-12H2,1-2H3,(H2,18,19,22). The number of thiazole rings is 1. The van der Waals surface area contributed by atoms with Crippen LogP contribution in [0, 0.1) is 5.41 Å². The Morgan fingerprint density at radius 2 is 2.09 bits per heavy atom. The molecule has 0 atom stereocenters. The molecule has 1 aromatic heterocycles. The lowest BCUT2D eigenvalue weighted by Crippen LogP contribution is -2.41. The molecule has 2 rings (SSSR count). The number of aromatic nitrogens is 1. The number of hydrogen-bond acceptors (Lipinski definition) is 4. The van der Waals surface area contributed by atoms with Crippen molar-refractivity contribution in [2.75, 3.05) is 19.7 Å². The van der Waals surface area contributed by atoms with Gasteiger partial charge in [0.1, 0.15) is 0 Å². The molecule has 0 aliphatic carbocycles. The van der Waals surface area contributed by atoms with E-state index in [1.165, 1.54) is 4.70 Å². The summed E-state index contributed by atoms with van der Waals surface area (Å²) in [7, 11) is 0. The summed E-state index contributed by atoms with van der Waals surface area (Å²) in [5.41, 5.74) is 0.955. The van der Waals surface area contributed by atoms with E-state index in [0.29, 0.717) is 19.5 Å². The van der Waals surface area contributed by atoms with Gasteiger partial charge in [0.05, 0.1) is 15.2 Å². The van der Waals surface area contributed by atoms with Crippen molar-refractivity contribution in [3.63, 3.8) is 0 Å². The molecule has 126 valence electrons. The van der Waals surface area contributed by atoms with Crippen molar-refractivity contribution >= 4 is 27.6 Å². The molecule has 1 heterocycles. The first kappa shape index (κ1) is 17.7. The summed E-state index contributed by atoms with van der Waals surface area (Å²) in [6.45, 7) is 5.37. The number of fused-ring (bicyclic) bond motifs is 1. The minimum atomic E-state index is -0.152. The van der Waals surface area contributed by atoms with Gasteiger partial charge in [-0.15, -0.1) is 11.3 Å². The van der Waals surface area contributed by atoms with Gasteiger partial charge in [-0.25, -0.2) is 9.78 Å². The van der Waals surface area contributed by atoms with E-state index in [9.17, 15) is 4.79 Å². The molecule has 0 bridgehead atoms. The van der Waals surface area contributed by atoms with Crippen LogP contribution in [-0.4, -0.2) is 35.8 Å². The van der Waals surface area contributed by atoms with Crippen LogP contribution >= 0.6 is 11.3 Å². The van der Waals surface area contributed by atoms with Crippen molar-refractivity contribution in [2.45, 2.75) is 33.1 Å². The molecule has 0 aliphatic heterocycles. The van der Waals surface area contributed by atoms with Crippen LogP contribution in [0.15, 0.2) is 24.3 Å². The van der Waals surface area contributed by atoms with Crippen molar-refractivity contribution in [2.24, 2.45) is 5.41 Å². The quantitative estimate of drug-likeness (QED) is 0.649. The minimum Gasteiger partial charge on any atom is -0.396 e. The minimum absolute atomic E-state index is 0.0902. The van der Waals surface area contributed by atoms with E-state index in [4.69, 9.17) is 5.11 Å². The summed E-state index contributed by atoms with van der Waals surface area (Å²) >= 11 is 1.71. The van der Waals surface area contributed by atoms with E-state index in [-0.39, 0.29) is 18.1 Å². The van der Waals surface area contributed by atoms with Crippen LogP contribution in [0.5, 0.6) is 0 Å². The van der Waals surface area contributed by atoms with E-state index in [1.54, 1.807) is 11.3 Å². The van der Waals surface area contributed by atoms with Crippen LogP contribution in [0.1, 0.15) is 31.7 Å². The van der Waals surface area contributed by atoms with Crippen LogP contribution in [0.25, 0.3) is 10.2 Å². The van der Waals surface area contributed by atoms with Crippen molar-refractivity contribution < 1.29 is 9.90 Å².